The van der Waals surface area contributed by atoms with Gasteiger partial charge in [-0.2, -0.15) is 5.10 Å². The quantitative estimate of drug-likeness (QED) is 0.845. The number of aliphatic carboxylic acids is 1. The van der Waals surface area contributed by atoms with Gasteiger partial charge in [-0.25, -0.2) is 9.48 Å². The summed E-state index contributed by atoms with van der Waals surface area (Å²) in [4.78, 5) is 38.0. The number of hydrogen-bond donors (Lipinski definition) is 1. The molecule has 0 aliphatic carbocycles. The van der Waals surface area contributed by atoms with Crippen molar-refractivity contribution in [3.05, 3.63) is 40.3 Å². The summed E-state index contributed by atoms with van der Waals surface area (Å²) in [6.07, 6.45) is 0.904. The molecule has 1 aromatic carbocycles. The lowest BCUT2D eigenvalue weighted by molar-refractivity contribution is -0.136. The minimum atomic E-state index is -0.987. The Morgan fingerprint density at radius 2 is 1.79 bits per heavy atom. The Bertz CT molecular complexity index is 968. The Balaban J connectivity index is 1.74. The third kappa shape index (κ3) is 5.13. The van der Waals surface area contributed by atoms with E-state index in [1.165, 1.54) is 4.68 Å². The van der Waals surface area contributed by atoms with Gasteiger partial charge in [0.15, 0.2) is 0 Å². The lowest BCUT2D eigenvalue weighted by Crippen LogP contribution is -2.43. The van der Waals surface area contributed by atoms with Crippen molar-refractivity contribution in [3.63, 3.8) is 0 Å². The van der Waals surface area contributed by atoms with E-state index in [9.17, 15) is 19.5 Å². The molecule has 1 N–H and O–H groups in total. The Morgan fingerprint density at radius 3 is 2.38 bits per heavy atom. The largest absolute Gasteiger partial charge is 0.481 e. The molecule has 0 atom stereocenters. The Hall–Kier alpha value is -2.90. The first-order valence-corrected chi connectivity index (χ1v) is 9.82. The molecule has 1 aliphatic heterocycles. The molecule has 3 rings (SSSR count). The number of piperidine rings is 1. The lowest BCUT2D eigenvalue weighted by Gasteiger charge is -2.33. The summed E-state index contributed by atoms with van der Waals surface area (Å²) in [6, 6.07) is 6.96. The van der Waals surface area contributed by atoms with Crippen molar-refractivity contribution in [2.45, 2.75) is 52.2 Å². The predicted octanol–water partition coefficient (Wildman–Crippen LogP) is 2.67. The Kier molecular flexibility index (Phi) is 5.91. The molecule has 2 heterocycles. The number of rotatable bonds is 4. The minimum Gasteiger partial charge on any atom is -0.481 e. The van der Waals surface area contributed by atoms with Crippen molar-refractivity contribution in [1.82, 2.24) is 14.7 Å². The van der Waals surface area contributed by atoms with Crippen LogP contribution in [0.1, 0.15) is 39.3 Å². The van der Waals surface area contributed by atoms with Gasteiger partial charge < -0.3 is 14.7 Å². The number of carbonyl (C=O) groups is 2. The van der Waals surface area contributed by atoms with E-state index < -0.39 is 11.6 Å². The second kappa shape index (κ2) is 8.23. The molecule has 1 aliphatic rings. The number of benzene rings is 1. The fourth-order valence-corrected chi connectivity index (χ4v) is 3.57. The predicted molar refractivity (Wildman–Crippen MR) is 108 cm³/mol. The maximum Gasteiger partial charge on any atom is 0.410 e. The second-order valence-corrected chi connectivity index (χ2v) is 8.46. The first-order chi connectivity index (χ1) is 13.6. The van der Waals surface area contributed by atoms with Crippen LogP contribution >= 0.6 is 0 Å². The summed E-state index contributed by atoms with van der Waals surface area (Å²) >= 11 is 0. The van der Waals surface area contributed by atoms with Gasteiger partial charge in [-0.1, -0.05) is 18.2 Å². The molecule has 8 heteroatoms. The van der Waals surface area contributed by atoms with Crippen molar-refractivity contribution in [3.8, 4) is 0 Å². The van der Waals surface area contributed by atoms with Crippen molar-refractivity contribution >= 4 is 22.8 Å². The number of carboxylic acids is 1. The van der Waals surface area contributed by atoms with Crippen LogP contribution in [-0.2, 0) is 22.5 Å². The number of carboxylic acid groups (broad SMARTS) is 1. The first kappa shape index (κ1) is 20.8. The number of ether oxygens (including phenoxy) is 1. The number of nitrogens with zero attached hydrogens (tertiary/aromatic N) is 3. The molecular weight excluding hydrogens is 374 g/mol. The van der Waals surface area contributed by atoms with Gasteiger partial charge in [0, 0.05) is 25.0 Å². The van der Waals surface area contributed by atoms with Gasteiger partial charge in [0.05, 0.1) is 17.5 Å². The fourth-order valence-electron chi connectivity index (χ4n) is 3.57. The highest BCUT2D eigenvalue weighted by Gasteiger charge is 2.27. The molecule has 0 saturated carbocycles. The van der Waals surface area contributed by atoms with E-state index in [2.05, 4.69) is 5.10 Å². The van der Waals surface area contributed by atoms with Crippen LogP contribution in [0.3, 0.4) is 0 Å². The van der Waals surface area contributed by atoms with E-state index in [1.807, 2.05) is 20.8 Å². The number of hydrogen-bond acceptors (Lipinski definition) is 5. The van der Waals surface area contributed by atoms with Crippen LogP contribution in [0.25, 0.3) is 10.8 Å². The third-order valence-corrected chi connectivity index (χ3v) is 4.96. The summed E-state index contributed by atoms with van der Waals surface area (Å²) in [5.41, 5.74) is -0.361. The van der Waals surface area contributed by atoms with Gasteiger partial charge >= 0.3 is 12.1 Å². The average Bonchev–Trinajstić information content (AvgIpc) is 2.64. The SMILES string of the molecule is CC(C)(C)OC(=O)N1CCC(Cn2nc(CC(=O)O)c3ccccc3c2=O)CC1. The van der Waals surface area contributed by atoms with E-state index in [1.54, 1.807) is 29.2 Å². The first-order valence-electron chi connectivity index (χ1n) is 9.82. The van der Waals surface area contributed by atoms with Crippen LogP contribution in [0.5, 0.6) is 0 Å². The van der Waals surface area contributed by atoms with E-state index >= 15 is 0 Å². The summed E-state index contributed by atoms with van der Waals surface area (Å²) in [6.45, 7) is 7.03. The number of fused-ring (bicyclic) bond motifs is 1. The number of amides is 1. The molecule has 29 heavy (non-hydrogen) atoms. The van der Waals surface area contributed by atoms with Gasteiger partial charge in [0.2, 0.25) is 0 Å². The van der Waals surface area contributed by atoms with Crippen molar-refractivity contribution < 1.29 is 19.4 Å². The monoisotopic (exact) mass is 401 g/mol. The smallest absolute Gasteiger partial charge is 0.410 e. The van der Waals surface area contributed by atoms with Gasteiger partial charge in [-0.15, -0.1) is 0 Å². The summed E-state index contributed by atoms with van der Waals surface area (Å²) in [5.74, 6) is -0.809. The third-order valence-electron chi connectivity index (χ3n) is 4.96. The normalized spacial score (nSPS) is 15.5. The zero-order chi connectivity index (χ0) is 21.2. The maximum atomic E-state index is 12.8. The standard InChI is InChI=1S/C21H27N3O5/c1-21(2,3)29-20(28)23-10-8-14(9-11-23)13-24-19(27)16-7-5-4-6-15(16)17(22-24)12-18(25)26/h4-7,14H,8-13H2,1-3H3,(H,25,26). The molecule has 1 fully saturated rings. The van der Waals surface area contributed by atoms with E-state index in [0.717, 1.165) is 12.8 Å². The van der Waals surface area contributed by atoms with Crippen molar-refractivity contribution in [2.24, 2.45) is 5.92 Å². The van der Waals surface area contributed by atoms with Crippen LogP contribution in [-0.4, -0.2) is 50.5 Å². The molecule has 0 radical (unpaired) electrons. The molecule has 0 spiro atoms. The van der Waals surface area contributed by atoms with Crippen molar-refractivity contribution in [2.75, 3.05) is 13.1 Å². The zero-order valence-electron chi connectivity index (χ0n) is 17.1. The molecule has 2 aromatic rings. The zero-order valence-corrected chi connectivity index (χ0v) is 17.1. The number of carbonyl (C=O) groups excluding carboxylic acids is 1. The van der Waals surface area contributed by atoms with Gasteiger partial charge in [-0.05, 0) is 45.6 Å². The Labute approximate surface area is 169 Å². The molecular formula is C21H27N3O5. The molecule has 0 unspecified atom stereocenters. The molecule has 0 bridgehead atoms. The van der Waals surface area contributed by atoms with E-state index in [0.29, 0.717) is 36.1 Å². The van der Waals surface area contributed by atoms with Crippen LogP contribution < -0.4 is 5.56 Å². The number of likely N-dealkylation sites (tertiary alicyclic amines) is 1. The minimum absolute atomic E-state index is 0.178. The highest BCUT2D eigenvalue weighted by atomic mass is 16.6. The van der Waals surface area contributed by atoms with Gasteiger partial charge in [0.1, 0.15) is 5.60 Å². The highest BCUT2D eigenvalue weighted by Crippen LogP contribution is 2.21. The van der Waals surface area contributed by atoms with Crippen LogP contribution in [0, 0.1) is 5.92 Å². The molecule has 1 amide bonds. The summed E-state index contributed by atoms with van der Waals surface area (Å²) in [7, 11) is 0. The highest BCUT2D eigenvalue weighted by molar-refractivity contribution is 5.86. The van der Waals surface area contributed by atoms with Crippen LogP contribution in [0.2, 0.25) is 0 Å². The molecule has 156 valence electrons. The summed E-state index contributed by atoms with van der Waals surface area (Å²) < 4.78 is 6.80. The topological polar surface area (TPSA) is 102 Å². The van der Waals surface area contributed by atoms with E-state index in [4.69, 9.17) is 4.74 Å². The molecule has 1 saturated heterocycles. The number of aromatic nitrogens is 2. The van der Waals surface area contributed by atoms with Crippen LogP contribution in [0.4, 0.5) is 4.79 Å². The molecule has 1 aromatic heterocycles. The molecule has 8 nitrogen and oxygen atoms in total. The lowest BCUT2D eigenvalue weighted by atomic mass is 9.97. The van der Waals surface area contributed by atoms with Crippen LogP contribution in [0.15, 0.2) is 29.1 Å². The van der Waals surface area contributed by atoms with Crippen molar-refractivity contribution in [1.29, 1.82) is 0 Å². The Morgan fingerprint density at radius 1 is 1.17 bits per heavy atom. The average molecular weight is 401 g/mol. The van der Waals surface area contributed by atoms with Gasteiger partial charge in [-0.3, -0.25) is 9.59 Å². The van der Waals surface area contributed by atoms with E-state index in [-0.39, 0.29) is 24.0 Å². The maximum absolute atomic E-state index is 12.8. The second-order valence-electron chi connectivity index (χ2n) is 8.46. The fraction of sp³-hybridized carbons (Fsp3) is 0.524. The van der Waals surface area contributed by atoms with Gasteiger partial charge in [0.25, 0.3) is 5.56 Å². The summed E-state index contributed by atoms with van der Waals surface area (Å²) in [5, 5.41) is 14.6.